The average molecular weight is 347 g/mol. The Balaban J connectivity index is 2.71. The summed E-state index contributed by atoms with van der Waals surface area (Å²) in [6, 6.07) is 2.83. The molecule has 2 heterocycles. The number of pyridine rings is 1. The molecular weight excluding hydrogens is 345 g/mol. The highest BCUT2D eigenvalue weighted by Crippen LogP contribution is 2.27. The van der Waals surface area contributed by atoms with Crippen LogP contribution in [-0.4, -0.2) is 14.6 Å². The Hall–Kier alpha value is -0.570. The van der Waals surface area contributed by atoms with E-state index >= 15 is 0 Å². The third-order valence-corrected chi connectivity index (χ3v) is 2.60. The van der Waals surface area contributed by atoms with Crippen molar-refractivity contribution in [2.24, 2.45) is 0 Å². The molecule has 0 saturated carbocycles. The minimum absolute atomic E-state index is 0.0826. The summed E-state index contributed by atoms with van der Waals surface area (Å²) in [4.78, 5) is 3.34. The number of halogens is 5. The summed E-state index contributed by atoms with van der Waals surface area (Å²) in [5.41, 5.74) is 0.0826. The zero-order valence-corrected chi connectivity index (χ0v) is 9.80. The van der Waals surface area contributed by atoms with Crippen molar-refractivity contribution in [3.8, 4) is 0 Å². The molecule has 0 bridgehead atoms. The molecule has 2 rings (SSSR count). The van der Waals surface area contributed by atoms with Crippen LogP contribution in [0.5, 0.6) is 0 Å². The minimum atomic E-state index is -4.54. The predicted molar refractivity (Wildman–Crippen MR) is 55.7 cm³/mol. The number of alkyl halides is 3. The topological polar surface area (TPSA) is 30.2 Å². The van der Waals surface area contributed by atoms with Crippen molar-refractivity contribution in [1.82, 2.24) is 14.6 Å². The van der Waals surface area contributed by atoms with Crippen LogP contribution < -0.4 is 0 Å². The molecule has 2 aromatic heterocycles. The standard InChI is InChI=1S/C7H2ClF3IN3/c8-3-1-4(12)15-5(2-3)13-6(14-15)7(9,10)11/h1-2H. The molecule has 0 spiro atoms. The van der Waals surface area contributed by atoms with Crippen molar-refractivity contribution < 1.29 is 13.2 Å². The van der Waals surface area contributed by atoms with Crippen LogP contribution in [0.4, 0.5) is 13.2 Å². The third-order valence-electron chi connectivity index (χ3n) is 1.61. The summed E-state index contributed by atoms with van der Waals surface area (Å²) >= 11 is 7.51. The summed E-state index contributed by atoms with van der Waals surface area (Å²) in [6.45, 7) is 0. The highest BCUT2D eigenvalue weighted by molar-refractivity contribution is 14.1. The zero-order chi connectivity index (χ0) is 11.2. The molecule has 0 aromatic carbocycles. The quantitative estimate of drug-likeness (QED) is 0.542. The van der Waals surface area contributed by atoms with Crippen molar-refractivity contribution in [2.45, 2.75) is 6.18 Å². The van der Waals surface area contributed by atoms with Gasteiger partial charge in [0, 0.05) is 11.1 Å². The van der Waals surface area contributed by atoms with Crippen LogP contribution in [-0.2, 0) is 6.18 Å². The van der Waals surface area contributed by atoms with Gasteiger partial charge >= 0.3 is 6.18 Å². The summed E-state index contributed by atoms with van der Waals surface area (Å²) in [5.74, 6) is -1.16. The molecule has 0 saturated heterocycles. The van der Waals surface area contributed by atoms with Crippen molar-refractivity contribution in [3.63, 3.8) is 0 Å². The number of aromatic nitrogens is 3. The van der Waals surface area contributed by atoms with E-state index in [9.17, 15) is 13.2 Å². The fraction of sp³-hybridized carbons (Fsp3) is 0.143. The van der Waals surface area contributed by atoms with Crippen LogP contribution in [0.1, 0.15) is 5.82 Å². The van der Waals surface area contributed by atoms with Crippen LogP contribution in [0, 0.1) is 3.70 Å². The molecule has 0 fully saturated rings. The van der Waals surface area contributed by atoms with E-state index in [1.807, 2.05) is 22.6 Å². The van der Waals surface area contributed by atoms with Gasteiger partial charge in [0.05, 0.1) is 0 Å². The molecule has 0 aliphatic rings. The first-order valence-electron chi connectivity index (χ1n) is 3.67. The fourth-order valence-corrected chi connectivity index (χ4v) is 2.11. The van der Waals surface area contributed by atoms with Gasteiger partial charge in [-0.2, -0.15) is 13.2 Å². The van der Waals surface area contributed by atoms with E-state index in [0.29, 0.717) is 8.72 Å². The van der Waals surface area contributed by atoms with E-state index in [4.69, 9.17) is 11.6 Å². The second-order valence-electron chi connectivity index (χ2n) is 2.70. The van der Waals surface area contributed by atoms with Crippen molar-refractivity contribution in [1.29, 1.82) is 0 Å². The first kappa shape index (κ1) is 10.9. The van der Waals surface area contributed by atoms with Crippen LogP contribution in [0.2, 0.25) is 5.02 Å². The van der Waals surface area contributed by atoms with Gasteiger partial charge in [-0.05, 0) is 28.7 Å². The van der Waals surface area contributed by atoms with E-state index < -0.39 is 12.0 Å². The molecule has 0 unspecified atom stereocenters. The second-order valence-corrected chi connectivity index (χ2v) is 4.24. The summed E-state index contributed by atoms with van der Waals surface area (Å²) in [5, 5.41) is 3.67. The summed E-state index contributed by atoms with van der Waals surface area (Å²) < 4.78 is 38.4. The summed E-state index contributed by atoms with van der Waals surface area (Å²) in [6.07, 6.45) is -4.54. The number of nitrogens with zero attached hydrogens (tertiary/aromatic N) is 3. The highest BCUT2D eigenvalue weighted by Gasteiger charge is 2.36. The Kier molecular flexibility index (Phi) is 2.53. The number of hydrogen-bond donors (Lipinski definition) is 0. The average Bonchev–Trinajstić information content (AvgIpc) is 2.46. The Morgan fingerprint density at radius 1 is 1.33 bits per heavy atom. The molecule has 8 heteroatoms. The third kappa shape index (κ3) is 2.03. The van der Waals surface area contributed by atoms with Gasteiger partial charge in [0.2, 0.25) is 0 Å². The Labute approximate surface area is 100 Å². The lowest BCUT2D eigenvalue weighted by molar-refractivity contribution is -0.144. The van der Waals surface area contributed by atoms with Gasteiger partial charge < -0.3 is 0 Å². The monoisotopic (exact) mass is 347 g/mol. The number of rotatable bonds is 0. The van der Waals surface area contributed by atoms with Gasteiger partial charge in [-0.3, -0.25) is 0 Å². The maximum absolute atomic E-state index is 12.3. The van der Waals surface area contributed by atoms with Gasteiger partial charge in [0.15, 0.2) is 5.65 Å². The minimum Gasteiger partial charge on any atom is -0.207 e. The van der Waals surface area contributed by atoms with Gasteiger partial charge in [-0.15, -0.1) is 5.10 Å². The Bertz CT molecular complexity index is 522. The van der Waals surface area contributed by atoms with E-state index in [0.717, 1.165) is 4.52 Å². The van der Waals surface area contributed by atoms with Crippen LogP contribution in [0.15, 0.2) is 12.1 Å². The molecular formula is C7H2ClF3IN3. The molecule has 0 aliphatic carbocycles. The predicted octanol–water partition coefficient (Wildman–Crippen LogP) is 3.01. The first-order valence-corrected chi connectivity index (χ1v) is 5.12. The van der Waals surface area contributed by atoms with Gasteiger partial charge in [0.25, 0.3) is 5.82 Å². The van der Waals surface area contributed by atoms with Gasteiger partial charge in [0.1, 0.15) is 3.70 Å². The first-order chi connectivity index (χ1) is 6.88. The number of fused-ring (bicyclic) bond motifs is 1. The molecule has 0 N–H and O–H groups in total. The largest absolute Gasteiger partial charge is 0.453 e. The van der Waals surface area contributed by atoms with Crippen molar-refractivity contribution in [2.75, 3.05) is 0 Å². The molecule has 0 radical (unpaired) electrons. The van der Waals surface area contributed by atoms with Crippen LogP contribution >= 0.6 is 34.2 Å². The van der Waals surface area contributed by atoms with E-state index in [-0.39, 0.29) is 5.65 Å². The Morgan fingerprint density at radius 3 is 2.60 bits per heavy atom. The smallest absolute Gasteiger partial charge is 0.207 e. The van der Waals surface area contributed by atoms with Crippen molar-refractivity contribution in [3.05, 3.63) is 26.7 Å². The van der Waals surface area contributed by atoms with Crippen LogP contribution in [0.3, 0.4) is 0 Å². The SMILES string of the molecule is FC(F)(F)c1nc2cc(Cl)cc(I)n2n1. The lowest BCUT2D eigenvalue weighted by atomic mass is 10.5. The van der Waals surface area contributed by atoms with Gasteiger partial charge in [-0.1, -0.05) is 11.6 Å². The molecule has 0 amide bonds. The highest BCUT2D eigenvalue weighted by atomic mass is 127. The molecule has 2 aromatic rings. The van der Waals surface area contributed by atoms with Gasteiger partial charge in [-0.25, -0.2) is 9.50 Å². The molecule has 3 nitrogen and oxygen atoms in total. The second kappa shape index (κ2) is 3.48. The molecule has 0 atom stereocenters. The molecule has 0 aliphatic heterocycles. The van der Waals surface area contributed by atoms with E-state index in [1.165, 1.54) is 12.1 Å². The molecule has 15 heavy (non-hydrogen) atoms. The Morgan fingerprint density at radius 2 is 2.00 bits per heavy atom. The van der Waals surface area contributed by atoms with E-state index in [2.05, 4.69) is 10.1 Å². The van der Waals surface area contributed by atoms with Crippen molar-refractivity contribution >= 4 is 39.8 Å². The lowest BCUT2D eigenvalue weighted by Crippen LogP contribution is -2.07. The number of hydrogen-bond acceptors (Lipinski definition) is 2. The fourth-order valence-electron chi connectivity index (χ4n) is 1.03. The zero-order valence-electron chi connectivity index (χ0n) is 6.89. The normalized spacial score (nSPS) is 12.3. The lowest BCUT2D eigenvalue weighted by Gasteiger charge is -1.97. The van der Waals surface area contributed by atoms with E-state index in [1.54, 1.807) is 0 Å². The maximum Gasteiger partial charge on any atom is 0.453 e. The summed E-state index contributed by atoms with van der Waals surface area (Å²) in [7, 11) is 0. The van der Waals surface area contributed by atoms with Crippen LogP contribution in [0.25, 0.3) is 5.65 Å². The molecule has 80 valence electrons. The maximum atomic E-state index is 12.3.